The first-order chi connectivity index (χ1) is 12.8. The minimum absolute atomic E-state index is 0.191. The molecule has 2 heterocycles. The predicted octanol–water partition coefficient (Wildman–Crippen LogP) is 4.94. The normalized spacial score (nSPS) is 15.4. The first kappa shape index (κ1) is 17.0. The Bertz CT molecular complexity index is 774. The van der Waals surface area contributed by atoms with Crippen molar-refractivity contribution in [1.82, 2.24) is 8.75 Å². The Labute approximate surface area is 158 Å². The Morgan fingerprint density at radius 3 is 2.08 bits per heavy atom. The van der Waals surface area contributed by atoms with Crippen LogP contribution < -0.4 is 9.64 Å². The highest BCUT2D eigenvalue weighted by Gasteiger charge is 2.25. The van der Waals surface area contributed by atoms with Crippen LogP contribution in [0.25, 0.3) is 0 Å². The van der Waals surface area contributed by atoms with Crippen LogP contribution in [-0.4, -0.2) is 21.8 Å². The molecule has 0 unspecified atom stereocenters. The number of aromatic nitrogens is 2. The molecule has 1 aromatic heterocycles. The monoisotopic (exact) mass is 365 g/mol. The minimum atomic E-state index is -0.191. The van der Waals surface area contributed by atoms with E-state index in [1.807, 2.05) is 36.4 Å². The van der Waals surface area contributed by atoms with Crippen LogP contribution in [0.4, 0.5) is 5.82 Å². The number of rotatable bonds is 5. The molecule has 5 heteroatoms. The van der Waals surface area contributed by atoms with Crippen molar-refractivity contribution in [2.24, 2.45) is 5.92 Å². The smallest absolute Gasteiger partial charge is 0.271 e. The lowest BCUT2D eigenvalue weighted by Gasteiger charge is -2.30. The summed E-state index contributed by atoms with van der Waals surface area (Å²) < 4.78 is 15.4. The van der Waals surface area contributed by atoms with Gasteiger partial charge in [-0.05, 0) is 29.9 Å². The number of piperidine rings is 1. The maximum absolute atomic E-state index is 6.43. The van der Waals surface area contributed by atoms with E-state index < -0.39 is 0 Å². The van der Waals surface area contributed by atoms with Gasteiger partial charge in [0.25, 0.3) is 5.88 Å². The molecule has 0 spiro atoms. The summed E-state index contributed by atoms with van der Waals surface area (Å²) in [6, 6.07) is 20.6. The number of hydrogen-bond donors (Lipinski definition) is 0. The summed E-state index contributed by atoms with van der Waals surface area (Å²) in [5.74, 6) is 2.31. The van der Waals surface area contributed by atoms with E-state index in [1.54, 1.807) is 0 Å². The van der Waals surface area contributed by atoms with E-state index in [0.717, 1.165) is 36.0 Å². The van der Waals surface area contributed by atoms with Gasteiger partial charge in [-0.15, -0.1) is 4.37 Å². The second-order valence-electron chi connectivity index (χ2n) is 6.88. The molecule has 134 valence electrons. The highest BCUT2D eigenvalue weighted by molar-refractivity contribution is 6.99. The molecule has 0 bridgehead atoms. The quantitative estimate of drug-likeness (QED) is 0.642. The lowest BCUT2D eigenvalue weighted by molar-refractivity contribution is 0.239. The van der Waals surface area contributed by atoms with Crippen LogP contribution in [-0.2, 0) is 0 Å². The van der Waals surface area contributed by atoms with Gasteiger partial charge in [-0.3, -0.25) is 0 Å². The van der Waals surface area contributed by atoms with Gasteiger partial charge in [-0.2, -0.15) is 4.37 Å². The van der Waals surface area contributed by atoms with Gasteiger partial charge in [0.05, 0.1) is 11.7 Å². The van der Waals surface area contributed by atoms with Crippen molar-refractivity contribution in [2.75, 3.05) is 18.0 Å². The molecule has 1 aliphatic heterocycles. The molecule has 0 amide bonds. The Morgan fingerprint density at radius 2 is 1.50 bits per heavy atom. The first-order valence-corrected chi connectivity index (χ1v) is 9.88. The number of benzene rings is 2. The summed E-state index contributed by atoms with van der Waals surface area (Å²) >= 11 is 1.23. The molecule has 4 rings (SSSR count). The molecule has 0 radical (unpaired) electrons. The van der Waals surface area contributed by atoms with Crippen LogP contribution in [0.15, 0.2) is 60.7 Å². The third-order valence-electron chi connectivity index (χ3n) is 4.96. The van der Waals surface area contributed by atoms with Crippen molar-refractivity contribution in [3.8, 4) is 5.88 Å². The molecule has 4 nitrogen and oxygen atoms in total. The van der Waals surface area contributed by atoms with Crippen LogP contribution in [0.3, 0.4) is 0 Å². The number of hydrogen-bond acceptors (Lipinski definition) is 5. The van der Waals surface area contributed by atoms with Gasteiger partial charge in [0.1, 0.15) is 0 Å². The van der Waals surface area contributed by atoms with E-state index in [1.165, 1.54) is 24.6 Å². The van der Waals surface area contributed by atoms with Crippen LogP contribution in [0, 0.1) is 5.92 Å². The highest BCUT2D eigenvalue weighted by Crippen LogP contribution is 2.34. The summed E-state index contributed by atoms with van der Waals surface area (Å²) in [4.78, 5) is 2.31. The van der Waals surface area contributed by atoms with Gasteiger partial charge < -0.3 is 9.64 Å². The van der Waals surface area contributed by atoms with E-state index in [4.69, 9.17) is 4.74 Å². The third-order valence-corrected chi connectivity index (χ3v) is 5.46. The second-order valence-corrected chi connectivity index (χ2v) is 7.41. The summed E-state index contributed by atoms with van der Waals surface area (Å²) in [6.07, 6.45) is 2.19. The fourth-order valence-electron chi connectivity index (χ4n) is 3.36. The molecule has 26 heavy (non-hydrogen) atoms. The van der Waals surface area contributed by atoms with Crippen LogP contribution in [0.5, 0.6) is 5.88 Å². The van der Waals surface area contributed by atoms with Crippen molar-refractivity contribution in [3.05, 3.63) is 71.8 Å². The number of ether oxygens (including phenoxy) is 1. The molecule has 1 fully saturated rings. The summed E-state index contributed by atoms with van der Waals surface area (Å²) in [6.45, 7) is 4.35. The Hall–Kier alpha value is -2.40. The maximum Gasteiger partial charge on any atom is 0.271 e. The third kappa shape index (κ3) is 3.73. The van der Waals surface area contributed by atoms with Crippen molar-refractivity contribution < 1.29 is 4.74 Å². The first-order valence-electron chi connectivity index (χ1n) is 9.15. The number of anilines is 1. The van der Waals surface area contributed by atoms with Crippen molar-refractivity contribution in [3.63, 3.8) is 0 Å². The maximum atomic E-state index is 6.43. The van der Waals surface area contributed by atoms with Crippen LogP contribution in [0.2, 0.25) is 0 Å². The lowest BCUT2D eigenvalue weighted by Crippen LogP contribution is -2.33. The minimum Gasteiger partial charge on any atom is -0.461 e. The van der Waals surface area contributed by atoms with Gasteiger partial charge in [-0.1, -0.05) is 67.6 Å². The average molecular weight is 366 g/mol. The highest BCUT2D eigenvalue weighted by atomic mass is 32.1. The molecule has 1 saturated heterocycles. The van der Waals surface area contributed by atoms with E-state index in [0.29, 0.717) is 5.88 Å². The van der Waals surface area contributed by atoms with Gasteiger partial charge >= 0.3 is 0 Å². The van der Waals surface area contributed by atoms with Gasteiger partial charge in [0.2, 0.25) is 5.82 Å². The molecule has 1 aliphatic rings. The molecule has 2 aromatic carbocycles. The van der Waals surface area contributed by atoms with Crippen molar-refractivity contribution in [2.45, 2.75) is 25.9 Å². The summed E-state index contributed by atoms with van der Waals surface area (Å²) in [5.41, 5.74) is 2.23. The zero-order valence-electron chi connectivity index (χ0n) is 14.9. The lowest BCUT2D eigenvalue weighted by atomic mass is 9.99. The Morgan fingerprint density at radius 1 is 0.923 bits per heavy atom. The number of nitrogens with zero attached hydrogens (tertiary/aromatic N) is 3. The largest absolute Gasteiger partial charge is 0.461 e. The van der Waals surface area contributed by atoms with Crippen LogP contribution >= 0.6 is 11.7 Å². The Balaban J connectivity index is 1.62. The van der Waals surface area contributed by atoms with E-state index >= 15 is 0 Å². The summed E-state index contributed by atoms with van der Waals surface area (Å²) in [5, 5.41) is 0. The van der Waals surface area contributed by atoms with Gasteiger partial charge in [0, 0.05) is 13.1 Å². The second kappa shape index (κ2) is 7.87. The zero-order valence-corrected chi connectivity index (χ0v) is 15.7. The molecule has 0 N–H and O–H groups in total. The Kier molecular flexibility index (Phi) is 5.16. The van der Waals surface area contributed by atoms with Gasteiger partial charge in [0.15, 0.2) is 6.10 Å². The van der Waals surface area contributed by atoms with Gasteiger partial charge in [-0.25, -0.2) is 0 Å². The SMILES string of the molecule is CC1CCN(c2nsnc2OC(c2ccccc2)c2ccccc2)CC1. The zero-order chi connectivity index (χ0) is 17.8. The standard InChI is InChI=1S/C21H23N3OS/c1-16-12-14-24(15-13-16)20-21(23-26-22-20)25-19(17-8-4-2-5-9-17)18-10-6-3-7-11-18/h2-11,16,19H,12-15H2,1H3. The molecular weight excluding hydrogens is 342 g/mol. The molecule has 0 aliphatic carbocycles. The fourth-order valence-corrected chi connectivity index (χ4v) is 3.87. The van der Waals surface area contributed by atoms with E-state index in [-0.39, 0.29) is 6.10 Å². The van der Waals surface area contributed by atoms with E-state index in [9.17, 15) is 0 Å². The molecular formula is C21H23N3OS. The molecule has 0 saturated carbocycles. The fraction of sp³-hybridized carbons (Fsp3) is 0.333. The topological polar surface area (TPSA) is 38.2 Å². The van der Waals surface area contributed by atoms with Crippen LogP contribution in [0.1, 0.15) is 37.0 Å². The van der Waals surface area contributed by atoms with E-state index in [2.05, 4.69) is 44.8 Å². The molecule has 0 atom stereocenters. The summed E-state index contributed by atoms with van der Waals surface area (Å²) in [7, 11) is 0. The molecule has 3 aromatic rings. The average Bonchev–Trinajstić information content (AvgIpc) is 3.16. The predicted molar refractivity (Wildman–Crippen MR) is 106 cm³/mol. The van der Waals surface area contributed by atoms with Crippen molar-refractivity contribution in [1.29, 1.82) is 0 Å². The van der Waals surface area contributed by atoms with Crippen molar-refractivity contribution >= 4 is 17.5 Å².